The number of amides is 1. The van der Waals surface area contributed by atoms with Gasteiger partial charge in [0.05, 0.1) is 0 Å². The topological polar surface area (TPSA) is 64.6 Å². The molecule has 1 aliphatic heterocycles. The van der Waals surface area contributed by atoms with Crippen LogP contribution in [0, 0.1) is 6.92 Å². The first-order valence-corrected chi connectivity index (χ1v) is 8.87. The maximum Gasteiger partial charge on any atom is 0.220 e. The van der Waals surface area contributed by atoms with Crippen molar-refractivity contribution in [3.63, 3.8) is 0 Å². The Morgan fingerprint density at radius 1 is 1.00 bits per heavy atom. The molecule has 0 radical (unpaired) electrons. The van der Waals surface area contributed by atoms with E-state index >= 15 is 0 Å². The second-order valence-electron chi connectivity index (χ2n) is 6.40. The quantitative estimate of drug-likeness (QED) is 0.775. The standard InChI is InChI=1S/C21H23NO4/c1-15-4-2-5-16(12-15)14-22-21(24)7-3-6-18(23)17-8-9-19-20(13-17)26-11-10-25-19/h2,4-5,8-9,12-13H,3,6-7,10-11,14H2,1H3,(H,22,24). The van der Waals surface area contributed by atoms with Crippen LogP contribution in [0.4, 0.5) is 0 Å². The maximum absolute atomic E-state index is 12.3. The summed E-state index contributed by atoms with van der Waals surface area (Å²) in [7, 11) is 0. The second-order valence-corrected chi connectivity index (χ2v) is 6.40. The number of aryl methyl sites for hydroxylation is 1. The lowest BCUT2D eigenvalue weighted by Crippen LogP contribution is -2.22. The summed E-state index contributed by atoms with van der Waals surface area (Å²) in [4.78, 5) is 24.3. The van der Waals surface area contributed by atoms with Crippen LogP contribution in [-0.4, -0.2) is 24.9 Å². The lowest BCUT2D eigenvalue weighted by molar-refractivity contribution is -0.121. The number of ether oxygens (including phenoxy) is 2. The van der Waals surface area contributed by atoms with Gasteiger partial charge >= 0.3 is 0 Å². The number of fused-ring (bicyclic) bond motifs is 1. The fourth-order valence-corrected chi connectivity index (χ4v) is 2.88. The van der Waals surface area contributed by atoms with E-state index in [1.54, 1.807) is 18.2 Å². The highest BCUT2D eigenvalue weighted by molar-refractivity contribution is 5.96. The van der Waals surface area contributed by atoms with E-state index in [2.05, 4.69) is 5.32 Å². The molecule has 2 aromatic rings. The molecule has 0 aromatic heterocycles. The van der Waals surface area contributed by atoms with Gasteiger partial charge in [0, 0.05) is 24.9 Å². The van der Waals surface area contributed by atoms with Crippen molar-refractivity contribution < 1.29 is 19.1 Å². The Hall–Kier alpha value is -2.82. The van der Waals surface area contributed by atoms with Gasteiger partial charge in [0.15, 0.2) is 17.3 Å². The van der Waals surface area contributed by atoms with Crippen LogP contribution in [0.25, 0.3) is 0 Å². The van der Waals surface area contributed by atoms with Crippen molar-refractivity contribution in [1.82, 2.24) is 5.32 Å². The van der Waals surface area contributed by atoms with Crippen LogP contribution < -0.4 is 14.8 Å². The summed E-state index contributed by atoms with van der Waals surface area (Å²) in [5.74, 6) is 1.25. The molecule has 2 aromatic carbocycles. The Bertz CT molecular complexity index is 800. The van der Waals surface area contributed by atoms with E-state index in [0.717, 1.165) is 5.56 Å². The largest absolute Gasteiger partial charge is 0.486 e. The van der Waals surface area contributed by atoms with Gasteiger partial charge in [0.1, 0.15) is 13.2 Å². The molecule has 0 saturated carbocycles. The van der Waals surface area contributed by atoms with Gasteiger partial charge in [-0.15, -0.1) is 0 Å². The van der Waals surface area contributed by atoms with Crippen LogP contribution in [0.2, 0.25) is 0 Å². The normalized spacial score (nSPS) is 12.5. The average Bonchev–Trinajstić information content (AvgIpc) is 2.66. The number of carbonyl (C=O) groups excluding carboxylic acids is 2. The molecule has 5 heteroatoms. The summed E-state index contributed by atoms with van der Waals surface area (Å²) in [5.41, 5.74) is 2.84. The minimum atomic E-state index is -0.0403. The fourth-order valence-electron chi connectivity index (χ4n) is 2.88. The molecular weight excluding hydrogens is 330 g/mol. The number of ketones is 1. The lowest BCUT2D eigenvalue weighted by atomic mass is 10.0. The molecule has 0 atom stereocenters. The van der Waals surface area contributed by atoms with E-state index in [0.29, 0.717) is 56.1 Å². The predicted octanol–water partition coefficient (Wildman–Crippen LogP) is 3.44. The highest BCUT2D eigenvalue weighted by atomic mass is 16.6. The summed E-state index contributed by atoms with van der Waals surface area (Å²) in [5, 5.41) is 2.89. The van der Waals surface area contributed by atoms with E-state index in [1.807, 2.05) is 31.2 Å². The molecule has 136 valence electrons. The Morgan fingerprint density at radius 2 is 1.81 bits per heavy atom. The highest BCUT2D eigenvalue weighted by Crippen LogP contribution is 2.31. The van der Waals surface area contributed by atoms with Crippen molar-refractivity contribution in [2.24, 2.45) is 0 Å². The number of carbonyl (C=O) groups is 2. The fraction of sp³-hybridized carbons (Fsp3) is 0.333. The summed E-state index contributed by atoms with van der Waals surface area (Å²) >= 11 is 0. The van der Waals surface area contributed by atoms with Crippen molar-refractivity contribution in [1.29, 1.82) is 0 Å². The summed E-state index contributed by atoms with van der Waals surface area (Å²) in [6.07, 6.45) is 1.19. The Labute approximate surface area is 153 Å². The first-order valence-electron chi connectivity index (χ1n) is 8.87. The number of nitrogens with one attached hydrogen (secondary N) is 1. The minimum absolute atomic E-state index is 0.00783. The number of Topliss-reactive ketones (excluding diaryl/α,β-unsaturated/α-hetero) is 1. The van der Waals surface area contributed by atoms with Crippen molar-refractivity contribution in [3.8, 4) is 11.5 Å². The predicted molar refractivity (Wildman–Crippen MR) is 98.6 cm³/mol. The average molecular weight is 353 g/mol. The van der Waals surface area contributed by atoms with E-state index < -0.39 is 0 Å². The van der Waals surface area contributed by atoms with Gasteiger partial charge in [-0.2, -0.15) is 0 Å². The van der Waals surface area contributed by atoms with E-state index in [4.69, 9.17) is 9.47 Å². The van der Waals surface area contributed by atoms with Crippen molar-refractivity contribution in [2.45, 2.75) is 32.7 Å². The van der Waals surface area contributed by atoms with Gasteiger partial charge in [-0.25, -0.2) is 0 Å². The van der Waals surface area contributed by atoms with Crippen LogP contribution >= 0.6 is 0 Å². The molecule has 1 amide bonds. The summed E-state index contributed by atoms with van der Waals surface area (Å²) < 4.78 is 11.0. The van der Waals surface area contributed by atoms with E-state index in [9.17, 15) is 9.59 Å². The smallest absolute Gasteiger partial charge is 0.220 e. The molecule has 0 unspecified atom stereocenters. The number of rotatable bonds is 7. The third kappa shape index (κ3) is 4.85. The molecule has 5 nitrogen and oxygen atoms in total. The number of benzene rings is 2. The van der Waals surface area contributed by atoms with Crippen LogP contribution in [0.1, 0.15) is 40.7 Å². The Kier molecular flexibility index (Phi) is 5.89. The minimum Gasteiger partial charge on any atom is -0.486 e. The molecule has 26 heavy (non-hydrogen) atoms. The summed E-state index contributed by atoms with van der Waals surface area (Å²) in [6, 6.07) is 13.3. The van der Waals surface area contributed by atoms with Gasteiger partial charge in [0.2, 0.25) is 5.91 Å². The molecule has 0 bridgehead atoms. The summed E-state index contributed by atoms with van der Waals surface area (Å²) in [6.45, 7) is 3.55. The van der Waals surface area contributed by atoms with Gasteiger partial charge in [-0.1, -0.05) is 29.8 Å². The molecule has 1 heterocycles. The van der Waals surface area contributed by atoms with Gasteiger partial charge in [0.25, 0.3) is 0 Å². The molecule has 0 fully saturated rings. The SMILES string of the molecule is Cc1cccc(CNC(=O)CCCC(=O)c2ccc3c(c2)OCCO3)c1. The number of hydrogen-bond acceptors (Lipinski definition) is 4. The first-order chi connectivity index (χ1) is 12.6. The molecular formula is C21H23NO4. The van der Waals surface area contributed by atoms with Crippen LogP contribution in [0.3, 0.4) is 0 Å². The van der Waals surface area contributed by atoms with E-state index in [1.165, 1.54) is 5.56 Å². The highest BCUT2D eigenvalue weighted by Gasteiger charge is 2.15. The van der Waals surface area contributed by atoms with Crippen LogP contribution in [0.5, 0.6) is 11.5 Å². The first kappa shape index (κ1) is 18.0. The zero-order chi connectivity index (χ0) is 18.4. The van der Waals surface area contributed by atoms with E-state index in [-0.39, 0.29) is 11.7 Å². The molecule has 0 spiro atoms. The Balaban J connectivity index is 1.42. The van der Waals surface area contributed by atoms with Gasteiger partial charge in [-0.05, 0) is 37.1 Å². The van der Waals surface area contributed by atoms with Crippen molar-refractivity contribution in [3.05, 3.63) is 59.2 Å². The molecule has 0 saturated heterocycles. The van der Waals surface area contributed by atoms with Gasteiger partial charge in [-0.3, -0.25) is 9.59 Å². The lowest BCUT2D eigenvalue weighted by Gasteiger charge is -2.18. The monoisotopic (exact) mass is 353 g/mol. The molecule has 1 aliphatic rings. The third-order valence-electron chi connectivity index (χ3n) is 4.24. The van der Waals surface area contributed by atoms with Crippen LogP contribution in [0.15, 0.2) is 42.5 Å². The van der Waals surface area contributed by atoms with Crippen molar-refractivity contribution >= 4 is 11.7 Å². The van der Waals surface area contributed by atoms with Gasteiger partial charge < -0.3 is 14.8 Å². The number of hydrogen-bond donors (Lipinski definition) is 1. The zero-order valence-corrected chi connectivity index (χ0v) is 14.9. The Morgan fingerprint density at radius 3 is 2.62 bits per heavy atom. The second kappa shape index (κ2) is 8.52. The molecule has 1 N–H and O–H groups in total. The van der Waals surface area contributed by atoms with Crippen LogP contribution in [-0.2, 0) is 11.3 Å². The third-order valence-corrected chi connectivity index (χ3v) is 4.24. The molecule has 0 aliphatic carbocycles. The maximum atomic E-state index is 12.3. The molecule has 3 rings (SSSR count). The zero-order valence-electron chi connectivity index (χ0n) is 14.9. The van der Waals surface area contributed by atoms with Crippen molar-refractivity contribution in [2.75, 3.05) is 13.2 Å².